The number of nitrogens with two attached hydrogens (primary N) is 1. The number of carboxylic acids is 1. The lowest BCUT2D eigenvalue weighted by atomic mass is 9.86. The van der Waals surface area contributed by atoms with Crippen molar-refractivity contribution in [3.05, 3.63) is 35.4 Å². The van der Waals surface area contributed by atoms with Crippen LogP contribution in [-0.4, -0.2) is 17.6 Å². The summed E-state index contributed by atoms with van der Waals surface area (Å²) >= 11 is 0. The molecule has 100 valence electrons. The highest BCUT2D eigenvalue weighted by Gasteiger charge is 2.20. The van der Waals surface area contributed by atoms with Crippen LogP contribution in [0.1, 0.15) is 30.9 Å². The van der Waals surface area contributed by atoms with Crippen molar-refractivity contribution in [1.29, 1.82) is 0 Å². The lowest BCUT2D eigenvalue weighted by molar-refractivity contribution is -0.142. The molecule has 0 aliphatic rings. The number of hydrogen-bond acceptors (Lipinski definition) is 2. The molecule has 1 aromatic rings. The Morgan fingerprint density at radius 2 is 2.06 bits per heavy atom. The second kappa shape index (κ2) is 7.17. The third-order valence-corrected chi connectivity index (χ3v) is 3.60. The fourth-order valence-corrected chi connectivity index (χ4v) is 2.24. The maximum absolute atomic E-state index is 11.0. The van der Waals surface area contributed by atoms with Gasteiger partial charge in [-0.05, 0) is 36.8 Å². The van der Waals surface area contributed by atoms with Crippen LogP contribution in [0.5, 0.6) is 0 Å². The van der Waals surface area contributed by atoms with Crippen LogP contribution in [-0.2, 0) is 11.2 Å². The van der Waals surface area contributed by atoms with Crippen LogP contribution < -0.4 is 5.73 Å². The van der Waals surface area contributed by atoms with E-state index in [-0.39, 0.29) is 6.54 Å². The van der Waals surface area contributed by atoms with E-state index < -0.39 is 11.9 Å². The van der Waals surface area contributed by atoms with Gasteiger partial charge in [-0.15, -0.1) is 0 Å². The van der Waals surface area contributed by atoms with Gasteiger partial charge in [0.15, 0.2) is 0 Å². The van der Waals surface area contributed by atoms with Gasteiger partial charge >= 0.3 is 5.97 Å². The van der Waals surface area contributed by atoms with E-state index in [9.17, 15) is 4.79 Å². The molecule has 0 aromatic heterocycles. The minimum atomic E-state index is -0.777. The van der Waals surface area contributed by atoms with Gasteiger partial charge in [-0.2, -0.15) is 0 Å². The maximum atomic E-state index is 11.0. The summed E-state index contributed by atoms with van der Waals surface area (Å²) in [5, 5.41) is 9.06. The second-order valence-corrected chi connectivity index (χ2v) is 4.91. The molecule has 2 unspecified atom stereocenters. The van der Waals surface area contributed by atoms with Crippen molar-refractivity contribution in [2.75, 3.05) is 6.54 Å². The number of carboxylic acid groups (broad SMARTS) is 1. The van der Waals surface area contributed by atoms with Crippen molar-refractivity contribution in [3.8, 4) is 0 Å². The predicted octanol–water partition coefficient (Wildman–Crippen LogP) is 2.61. The fraction of sp³-hybridized carbons (Fsp3) is 0.533. The summed E-state index contributed by atoms with van der Waals surface area (Å²) in [5.41, 5.74) is 8.10. The number of aliphatic carboxylic acids is 1. The molecule has 1 aromatic carbocycles. The molecule has 18 heavy (non-hydrogen) atoms. The monoisotopic (exact) mass is 249 g/mol. The van der Waals surface area contributed by atoms with Crippen LogP contribution in [0.15, 0.2) is 24.3 Å². The summed E-state index contributed by atoms with van der Waals surface area (Å²) in [4.78, 5) is 11.0. The van der Waals surface area contributed by atoms with E-state index in [1.165, 1.54) is 11.1 Å². The first-order chi connectivity index (χ1) is 8.58. The summed E-state index contributed by atoms with van der Waals surface area (Å²) in [7, 11) is 0. The molecule has 0 aliphatic carbocycles. The Morgan fingerprint density at radius 3 is 2.56 bits per heavy atom. The van der Waals surface area contributed by atoms with Gasteiger partial charge in [-0.1, -0.05) is 37.6 Å². The van der Waals surface area contributed by atoms with E-state index in [0.717, 1.165) is 12.8 Å². The normalized spacial score (nSPS) is 14.2. The number of benzene rings is 1. The lowest BCUT2D eigenvalue weighted by Gasteiger charge is -2.19. The van der Waals surface area contributed by atoms with Gasteiger partial charge in [0.2, 0.25) is 0 Å². The minimum Gasteiger partial charge on any atom is -0.481 e. The van der Waals surface area contributed by atoms with E-state index >= 15 is 0 Å². The highest BCUT2D eigenvalue weighted by Crippen LogP contribution is 2.22. The number of carbonyl (C=O) groups is 1. The molecule has 0 amide bonds. The average Bonchev–Trinajstić information content (AvgIpc) is 2.36. The fourth-order valence-electron chi connectivity index (χ4n) is 2.24. The lowest BCUT2D eigenvalue weighted by Crippen LogP contribution is -2.26. The summed E-state index contributed by atoms with van der Waals surface area (Å²) < 4.78 is 0. The molecule has 2 atom stereocenters. The Kier molecular flexibility index (Phi) is 5.86. The van der Waals surface area contributed by atoms with Crippen molar-refractivity contribution in [1.82, 2.24) is 0 Å². The predicted molar refractivity (Wildman–Crippen MR) is 73.5 cm³/mol. The molecule has 0 saturated carbocycles. The van der Waals surface area contributed by atoms with Crippen LogP contribution >= 0.6 is 0 Å². The third-order valence-electron chi connectivity index (χ3n) is 3.60. The van der Waals surface area contributed by atoms with Crippen molar-refractivity contribution in [3.63, 3.8) is 0 Å². The van der Waals surface area contributed by atoms with Gasteiger partial charge in [0.1, 0.15) is 0 Å². The van der Waals surface area contributed by atoms with Crippen LogP contribution in [0, 0.1) is 18.8 Å². The summed E-state index contributed by atoms with van der Waals surface area (Å²) in [6.45, 7) is 4.43. The Morgan fingerprint density at radius 1 is 1.39 bits per heavy atom. The Balaban J connectivity index is 2.68. The average molecular weight is 249 g/mol. The molecule has 0 spiro atoms. The van der Waals surface area contributed by atoms with Crippen LogP contribution in [0.4, 0.5) is 0 Å². The van der Waals surface area contributed by atoms with E-state index in [1.807, 2.05) is 12.1 Å². The first kappa shape index (κ1) is 14.7. The SMILES string of the molecule is CCC(Cc1ccccc1C)CC(CN)C(=O)O. The zero-order valence-corrected chi connectivity index (χ0v) is 11.2. The Labute approximate surface area is 109 Å². The molecule has 3 N–H and O–H groups in total. The Hall–Kier alpha value is -1.35. The van der Waals surface area contributed by atoms with Gasteiger partial charge in [0.05, 0.1) is 5.92 Å². The Bertz CT molecular complexity index is 390. The van der Waals surface area contributed by atoms with Crippen LogP contribution in [0.25, 0.3) is 0 Å². The van der Waals surface area contributed by atoms with E-state index in [4.69, 9.17) is 10.8 Å². The molecule has 0 bridgehead atoms. The van der Waals surface area contributed by atoms with Gasteiger partial charge in [0, 0.05) is 6.54 Å². The number of hydrogen-bond donors (Lipinski definition) is 2. The molecular weight excluding hydrogens is 226 g/mol. The smallest absolute Gasteiger partial charge is 0.307 e. The summed E-state index contributed by atoms with van der Waals surface area (Å²) in [6.07, 6.45) is 2.59. The van der Waals surface area contributed by atoms with Crippen LogP contribution in [0.3, 0.4) is 0 Å². The minimum absolute atomic E-state index is 0.222. The van der Waals surface area contributed by atoms with Gasteiger partial charge in [0.25, 0.3) is 0 Å². The molecule has 0 heterocycles. The standard InChI is InChI=1S/C15H23NO2/c1-3-12(9-14(10-16)15(17)18)8-13-7-5-4-6-11(13)2/h4-7,12,14H,3,8-10,16H2,1-2H3,(H,17,18). The molecule has 0 aliphatic heterocycles. The first-order valence-electron chi connectivity index (χ1n) is 6.55. The molecule has 0 saturated heterocycles. The molecule has 0 radical (unpaired) electrons. The van der Waals surface area contributed by atoms with Crippen molar-refractivity contribution < 1.29 is 9.90 Å². The molecule has 3 nitrogen and oxygen atoms in total. The molecular formula is C15H23NO2. The largest absolute Gasteiger partial charge is 0.481 e. The zero-order valence-electron chi connectivity index (χ0n) is 11.2. The molecule has 0 fully saturated rings. The maximum Gasteiger partial charge on any atom is 0.307 e. The number of aryl methyl sites for hydroxylation is 1. The van der Waals surface area contributed by atoms with Crippen molar-refractivity contribution in [2.45, 2.75) is 33.1 Å². The highest BCUT2D eigenvalue weighted by molar-refractivity contribution is 5.70. The number of rotatable bonds is 7. The van der Waals surface area contributed by atoms with E-state index in [2.05, 4.69) is 26.0 Å². The first-order valence-corrected chi connectivity index (χ1v) is 6.55. The van der Waals surface area contributed by atoms with E-state index in [1.54, 1.807) is 0 Å². The van der Waals surface area contributed by atoms with Crippen LogP contribution in [0.2, 0.25) is 0 Å². The van der Waals surface area contributed by atoms with E-state index in [0.29, 0.717) is 12.3 Å². The topological polar surface area (TPSA) is 63.3 Å². The highest BCUT2D eigenvalue weighted by atomic mass is 16.4. The van der Waals surface area contributed by atoms with Gasteiger partial charge in [-0.25, -0.2) is 0 Å². The summed E-state index contributed by atoms with van der Waals surface area (Å²) in [5.74, 6) is -0.810. The van der Waals surface area contributed by atoms with Gasteiger partial charge < -0.3 is 10.8 Å². The third kappa shape index (κ3) is 4.15. The summed E-state index contributed by atoms with van der Waals surface area (Å²) in [6, 6.07) is 8.28. The van der Waals surface area contributed by atoms with Gasteiger partial charge in [-0.3, -0.25) is 4.79 Å². The zero-order chi connectivity index (χ0) is 13.5. The van der Waals surface area contributed by atoms with Crippen molar-refractivity contribution in [2.24, 2.45) is 17.6 Å². The molecule has 1 rings (SSSR count). The quantitative estimate of drug-likeness (QED) is 0.780. The van der Waals surface area contributed by atoms with Crippen molar-refractivity contribution >= 4 is 5.97 Å². The second-order valence-electron chi connectivity index (χ2n) is 4.91. The molecule has 3 heteroatoms.